The predicted octanol–water partition coefficient (Wildman–Crippen LogP) is 2.73. The number of rotatable bonds is 1. The molecule has 0 spiro atoms. The van der Waals surface area contributed by atoms with Gasteiger partial charge in [0.15, 0.2) is 0 Å². The summed E-state index contributed by atoms with van der Waals surface area (Å²) < 4.78 is 4.28. The third kappa shape index (κ3) is 2.21. The molecule has 0 saturated heterocycles. The summed E-state index contributed by atoms with van der Waals surface area (Å²) in [6.07, 6.45) is 2.18. The molecule has 2 aromatic rings. The van der Waals surface area contributed by atoms with Crippen LogP contribution >= 0.6 is 0 Å². The standard InChI is InChI=1S/C12H11Se2/c1-8(13)5-10-3-4-11-6-9(2)14-12(11)7-10/h3-7H,1-2H3/b8-5-. The first-order valence-electron chi connectivity index (χ1n) is 4.51. The van der Waals surface area contributed by atoms with E-state index in [4.69, 9.17) is 0 Å². The summed E-state index contributed by atoms with van der Waals surface area (Å²) in [7, 11) is 0. The van der Waals surface area contributed by atoms with Crippen LogP contribution in [0.25, 0.3) is 15.7 Å². The summed E-state index contributed by atoms with van der Waals surface area (Å²) in [4.78, 5) is 0. The predicted molar refractivity (Wildman–Crippen MR) is 65.0 cm³/mol. The van der Waals surface area contributed by atoms with Crippen molar-refractivity contribution < 1.29 is 0 Å². The van der Waals surface area contributed by atoms with Gasteiger partial charge < -0.3 is 0 Å². The topological polar surface area (TPSA) is 0 Å². The second-order valence-electron chi connectivity index (χ2n) is 3.41. The van der Waals surface area contributed by atoms with Gasteiger partial charge in [0.2, 0.25) is 0 Å². The molecule has 0 aliphatic rings. The monoisotopic (exact) mass is 315 g/mol. The second-order valence-corrected chi connectivity index (χ2v) is 7.46. The van der Waals surface area contributed by atoms with Crippen molar-refractivity contribution in [2.24, 2.45) is 0 Å². The van der Waals surface area contributed by atoms with Gasteiger partial charge in [-0.05, 0) is 0 Å². The average Bonchev–Trinajstić information content (AvgIpc) is 2.42. The molecule has 1 aromatic heterocycles. The van der Waals surface area contributed by atoms with E-state index in [2.05, 4.69) is 60.2 Å². The normalized spacial score (nSPS) is 12.3. The molecular formula is C12H11Se2. The fourth-order valence-electron chi connectivity index (χ4n) is 1.50. The van der Waals surface area contributed by atoms with E-state index in [1.165, 1.54) is 24.1 Å². The molecule has 14 heavy (non-hydrogen) atoms. The van der Waals surface area contributed by atoms with Gasteiger partial charge in [0.05, 0.1) is 0 Å². The van der Waals surface area contributed by atoms with E-state index < -0.39 is 0 Å². The Morgan fingerprint density at radius 1 is 1.36 bits per heavy atom. The Morgan fingerprint density at radius 3 is 2.86 bits per heavy atom. The molecule has 0 saturated carbocycles. The Kier molecular flexibility index (Phi) is 2.99. The van der Waals surface area contributed by atoms with Crippen LogP contribution in [0.3, 0.4) is 0 Å². The molecule has 0 atom stereocenters. The first-order valence-corrected chi connectivity index (χ1v) is 7.07. The number of aryl methyl sites for hydroxylation is 1. The number of benzene rings is 1. The Hall–Kier alpha value is -0.261. The van der Waals surface area contributed by atoms with Gasteiger partial charge in [-0.25, -0.2) is 0 Å². The fourth-order valence-corrected chi connectivity index (χ4v) is 3.83. The van der Waals surface area contributed by atoms with Gasteiger partial charge in [0.25, 0.3) is 0 Å². The molecule has 0 aliphatic carbocycles. The SMILES string of the molecule is C/C([Se])=C/c1ccc2cc(C)[se]c2c1. The molecule has 0 nitrogen and oxygen atoms in total. The van der Waals surface area contributed by atoms with Crippen LogP contribution in [0.15, 0.2) is 28.7 Å². The summed E-state index contributed by atoms with van der Waals surface area (Å²) in [5, 5.41) is 1.41. The van der Waals surface area contributed by atoms with Gasteiger partial charge >= 0.3 is 98.8 Å². The van der Waals surface area contributed by atoms with Crippen LogP contribution in [0.4, 0.5) is 0 Å². The quantitative estimate of drug-likeness (QED) is 0.710. The van der Waals surface area contributed by atoms with Crippen LogP contribution in [-0.2, 0) is 0 Å². The van der Waals surface area contributed by atoms with Crippen LogP contribution in [0.1, 0.15) is 16.9 Å². The maximum atomic E-state index is 3.02. The van der Waals surface area contributed by atoms with Crippen molar-refractivity contribution in [2.75, 3.05) is 0 Å². The second kappa shape index (κ2) is 4.08. The number of fused-ring (bicyclic) bond motifs is 1. The molecule has 1 radical (unpaired) electrons. The van der Waals surface area contributed by atoms with Crippen LogP contribution in [0.5, 0.6) is 0 Å². The molecule has 2 rings (SSSR count). The van der Waals surface area contributed by atoms with Crippen molar-refractivity contribution >= 4 is 46.2 Å². The van der Waals surface area contributed by atoms with Crippen LogP contribution in [0, 0.1) is 6.92 Å². The van der Waals surface area contributed by atoms with E-state index in [1.807, 2.05) is 0 Å². The van der Waals surface area contributed by atoms with Crippen molar-refractivity contribution in [3.05, 3.63) is 38.7 Å². The zero-order valence-corrected chi connectivity index (χ0v) is 11.6. The van der Waals surface area contributed by atoms with Gasteiger partial charge in [-0.1, -0.05) is 0 Å². The van der Waals surface area contributed by atoms with Crippen molar-refractivity contribution in [2.45, 2.75) is 13.8 Å². The van der Waals surface area contributed by atoms with E-state index in [-0.39, 0.29) is 0 Å². The Labute approximate surface area is 98.6 Å². The van der Waals surface area contributed by atoms with E-state index in [0.29, 0.717) is 14.5 Å². The molecular weight excluding hydrogens is 302 g/mol. The van der Waals surface area contributed by atoms with Crippen molar-refractivity contribution in [1.29, 1.82) is 0 Å². The molecule has 0 N–H and O–H groups in total. The van der Waals surface area contributed by atoms with Crippen molar-refractivity contribution in [3.8, 4) is 0 Å². The van der Waals surface area contributed by atoms with Gasteiger partial charge in [-0.15, -0.1) is 0 Å². The van der Waals surface area contributed by atoms with E-state index in [9.17, 15) is 0 Å². The van der Waals surface area contributed by atoms with Gasteiger partial charge in [-0.3, -0.25) is 0 Å². The molecule has 2 heteroatoms. The molecule has 0 bridgehead atoms. The van der Waals surface area contributed by atoms with Crippen LogP contribution < -0.4 is 0 Å². The summed E-state index contributed by atoms with van der Waals surface area (Å²) >= 11 is 3.58. The first kappa shape index (κ1) is 10.3. The molecule has 71 valence electrons. The fraction of sp³-hybridized carbons (Fsp3) is 0.167. The van der Waals surface area contributed by atoms with Gasteiger partial charge in [0, 0.05) is 0 Å². The third-order valence-electron chi connectivity index (χ3n) is 2.04. The maximum absolute atomic E-state index is 3.02. The van der Waals surface area contributed by atoms with Gasteiger partial charge in [0.1, 0.15) is 0 Å². The summed E-state index contributed by atoms with van der Waals surface area (Å²) in [6, 6.07) is 9.02. The minimum absolute atomic E-state index is 0.560. The molecule has 1 aromatic carbocycles. The molecule has 0 unspecified atom stereocenters. The Bertz CT molecular complexity index is 488. The molecule has 1 heterocycles. The summed E-state index contributed by atoms with van der Waals surface area (Å²) in [5.41, 5.74) is 1.31. The average molecular weight is 313 g/mol. The van der Waals surface area contributed by atoms with Crippen LogP contribution in [0.2, 0.25) is 0 Å². The van der Waals surface area contributed by atoms with Crippen molar-refractivity contribution in [1.82, 2.24) is 0 Å². The molecule has 0 fully saturated rings. The minimum atomic E-state index is 0.560. The number of allylic oxidation sites excluding steroid dienone is 1. The van der Waals surface area contributed by atoms with E-state index in [0.717, 1.165) is 0 Å². The number of hydrogen-bond acceptors (Lipinski definition) is 0. The zero-order chi connectivity index (χ0) is 10.1. The van der Waals surface area contributed by atoms with Crippen molar-refractivity contribution in [3.63, 3.8) is 0 Å². The molecule has 0 aliphatic heterocycles. The van der Waals surface area contributed by atoms with E-state index >= 15 is 0 Å². The Balaban J connectivity index is 2.56. The van der Waals surface area contributed by atoms with E-state index in [1.54, 1.807) is 0 Å². The van der Waals surface area contributed by atoms with Crippen LogP contribution in [-0.4, -0.2) is 30.5 Å². The zero-order valence-electron chi connectivity index (χ0n) is 8.20. The number of hydrogen-bond donors (Lipinski definition) is 0. The Morgan fingerprint density at radius 2 is 2.14 bits per heavy atom. The summed E-state index contributed by atoms with van der Waals surface area (Å²) in [6.45, 7) is 4.30. The van der Waals surface area contributed by atoms with Gasteiger partial charge in [-0.2, -0.15) is 0 Å². The summed E-state index contributed by atoms with van der Waals surface area (Å²) in [5.74, 6) is 0. The molecule has 0 amide bonds. The third-order valence-corrected chi connectivity index (χ3v) is 4.41. The first-order chi connectivity index (χ1) is 6.65.